The van der Waals surface area contributed by atoms with Crippen LogP contribution in [0, 0.1) is 6.92 Å². The van der Waals surface area contributed by atoms with Crippen molar-refractivity contribution in [1.82, 2.24) is 5.32 Å². The number of benzene rings is 3. The fourth-order valence-corrected chi connectivity index (χ4v) is 5.64. The van der Waals surface area contributed by atoms with Crippen LogP contribution in [0.2, 0.25) is 0 Å². The maximum Gasteiger partial charge on any atom is 0.263 e. The van der Waals surface area contributed by atoms with Crippen molar-refractivity contribution in [2.24, 2.45) is 0 Å². The van der Waals surface area contributed by atoms with Gasteiger partial charge in [0, 0.05) is 19.2 Å². The Morgan fingerprint density at radius 1 is 0.943 bits per heavy atom. The number of anilines is 2. The average Bonchev–Trinajstić information content (AvgIpc) is 2.79. The normalized spacial score (nSPS) is 14.5. The highest BCUT2D eigenvalue weighted by molar-refractivity contribution is 7.92. The van der Waals surface area contributed by atoms with Crippen molar-refractivity contribution in [2.75, 3.05) is 10.0 Å². The summed E-state index contributed by atoms with van der Waals surface area (Å²) in [5.74, 6) is -0.369. The third-order valence-corrected chi connectivity index (χ3v) is 7.79. The molecular formula is C27H29N3O4S. The number of carbonyl (C=O) groups excluding carboxylic acids is 2. The molecule has 35 heavy (non-hydrogen) atoms. The van der Waals surface area contributed by atoms with Crippen LogP contribution in [-0.4, -0.2) is 20.2 Å². The molecule has 0 aliphatic heterocycles. The second-order valence-electron chi connectivity index (χ2n) is 8.97. The molecule has 182 valence electrons. The zero-order valence-electron chi connectivity index (χ0n) is 19.8. The fraction of sp³-hybridized carbons (Fsp3) is 0.259. The summed E-state index contributed by atoms with van der Waals surface area (Å²) in [6.07, 6.45) is 2.47. The molecule has 3 N–H and O–H groups in total. The molecule has 8 heteroatoms. The van der Waals surface area contributed by atoms with Gasteiger partial charge in [-0.2, -0.15) is 0 Å². The highest BCUT2D eigenvalue weighted by Crippen LogP contribution is 2.44. The molecule has 1 aliphatic rings. The van der Waals surface area contributed by atoms with E-state index in [1.807, 2.05) is 42.5 Å². The first-order chi connectivity index (χ1) is 16.7. The molecule has 7 nitrogen and oxygen atoms in total. The molecule has 1 fully saturated rings. The lowest BCUT2D eigenvalue weighted by Crippen LogP contribution is -2.48. The third-order valence-electron chi connectivity index (χ3n) is 6.36. The zero-order valence-corrected chi connectivity index (χ0v) is 20.6. The van der Waals surface area contributed by atoms with Crippen molar-refractivity contribution in [3.05, 3.63) is 89.5 Å². The summed E-state index contributed by atoms with van der Waals surface area (Å²) in [5, 5.41) is 5.63. The highest BCUT2D eigenvalue weighted by atomic mass is 32.2. The predicted molar refractivity (Wildman–Crippen MR) is 137 cm³/mol. The van der Waals surface area contributed by atoms with Crippen molar-refractivity contribution >= 4 is 33.2 Å². The maximum absolute atomic E-state index is 13.1. The summed E-state index contributed by atoms with van der Waals surface area (Å²) < 4.78 is 28.8. The summed E-state index contributed by atoms with van der Waals surface area (Å²) in [6, 6.07) is 21.6. The van der Waals surface area contributed by atoms with Crippen LogP contribution in [0.5, 0.6) is 0 Å². The predicted octanol–water partition coefficient (Wildman–Crippen LogP) is 4.49. The van der Waals surface area contributed by atoms with Gasteiger partial charge < -0.3 is 10.6 Å². The number of nitrogens with one attached hydrogen (secondary N) is 3. The Labute approximate surface area is 206 Å². The second kappa shape index (κ2) is 9.92. The smallest absolute Gasteiger partial charge is 0.263 e. The summed E-state index contributed by atoms with van der Waals surface area (Å²) in [6.45, 7) is 3.58. The molecule has 3 aromatic rings. The van der Waals surface area contributed by atoms with Gasteiger partial charge in [-0.05, 0) is 60.7 Å². The summed E-state index contributed by atoms with van der Waals surface area (Å²) in [7, 11) is -3.95. The van der Waals surface area contributed by atoms with Crippen molar-refractivity contribution in [2.45, 2.75) is 50.0 Å². The standard InChI is InChI=1S/C27H29N3O4S/c1-19-9-14-24(29-20(2)31)25(17-19)35(33,34)30-23-12-10-22(11-13-23)27(15-6-16-27)26(32)28-18-21-7-4-3-5-8-21/h3-5,7-14,17,30H,6,15-16,18H2,1-2H3,(H,28,32)(H,29,31). The van der Waals surface area contributed by atoms with Crippen molar-refractivity contribution in [3.8, 4) is 0 Å². The Balaban J connectivity index is 1.51. The Morgan fingerprint density at radius 2 is 1.63 bits per heavy atom. The molecule has 0 saturated heterocycles. The first kappa shape index (κ1) is 24.5. The Hall–Kier alpha value is -3.65. The van der Waals surface area contributed by atoms with Crippen LogP contribution in [0.15, 0.2) is 77.7 Å². The van der Waals surface area contributed by atoms with Crippen LogP contribution < -0.4 is 15.4 Å². The van der Waals surface area contributed by atoms with E-state index in [-0.39, 0.29) is 22.4 Å². The van der Waals surface area contributed by atoms with E-state index in [0.29, 0.717) is 12.2 Å². The Bertz CT molecular complexity index is 1330. The molecule has 0 aromatic heterocycles. The first-order valence-electron chi connectivity index (χ1n) is 11.5. The molecule has 2 amide bonds. The van der Waals surface area contributed by atoms with Crippen LogP contribution in [-0.2, 0) is 31.6 Å². The van der Waals surface area contributed by atoms with Gasteiger partial charge in [-0.15, -0.1) is 0 Å². The van der Waals surface area contributed by atoms with Gasteiger partial charge >= 0.3 is 0 Å². The summed E-state index contributed by atoms with van der Waals surface area (Å²) >= 11 is 0. The van der Waals surface area contributed by atoms with Crippen molar-refractivity contribution in [3.63, 3.8) is 0 Å². The number of aryl methyl sites for hydroxylation is 1. The van der Waals surface area contributed by atoms with E-state index in [1.165, 1.54) is 13.0 Å². The first-order valence-corrected chi connectivity index (χ1v) is 13.0. The number of hydrogen-bond donors (Lipinski definition) is 3. The van der Waals surface area contributed by atoms with E-state index >= 15 is 0 Å². The van der Waals surface area contributed by atoms with Gasteiger partial charge in [0.15, 0.2) is 0 Å². The molecule has 0 unspecified atom stereocenters. The third kappa shape index (κ3) is 5.38. The van der Waals surface area contributed by atoms with Gasteiger partial charge in [-0.1, -0.05) is 55.0 Å². The van der Waals surface area contributed by atoms with Crippen molar-refractivity contribution in [1.29, 1.82) is 0 Å². The molecule has 0 heterocycles. The Kier molecular flexibility index (Phi) is 6.93. The lowest BCUT2D eigenvalue weighted by atomic mass is 9.63. The van der Waals surface area contributed by atoms with Gasteiger partial charge in [0.25, 0.3) is 10.0 Å². The quantitative estimate of drug-likeness (QED) is 0.432. The minimum absolute atomic E-state index is 0.00692. The van der Waals surface area contributed by atoms with Crippen LogP contribution in [0.1, 0.15) is 42.9 Å². The number of hydrogen-bond acceptors (Lipinski definition) is 4. The molecule has 3 aromatic carbocycles. The fourth-order valence-electron chi connectivity index (χ4n) is 4.34. The maximum atomic E-state index is 13.1. The van der Waals surface area contributed by atoms with Gasteiger partial charge in [0.05, 0.1) is 11.1 Å². The van der Waals surface area contributed by atoms with Crippen LogP contribution in [0.4, 0.5) is 11.4 Å². The average molecular weight is 492 g/mol. The van der Waals surface area contributed by atoms with E-state index in [9.17, 15) is 18.0 Å². The minimum Gasteiger partial charge on any atom is -0.351 e. The van der Waals surface area contributed by atoms with Crippen molar-refractivity contribution < 1.29 is 18.0 Å². The van der Waals surface area contributed by atoms with Gasteiger partial charge in [-0.3, -0.25) is 14.3 Å². The van der Waals surface area contributed by atoms with Gasteiger partial charge in [0.1, 0.15) is 4.90 Å². The number of amides is 2. The van der Waals surface area contributed by atoms with E-state index in [2.05, 4.69) is 15.4 Å². The van der Waals surface area contributed by atoms with E-state index in [0.717, 1.165) is 36.0 Å². The number of carbonyl (C=O) groups is 2. The molecule has 1 aliphatic carbocycles. The molecule has 0 spiro atoms. The molecule has 1 saturated carbocycles. The number of rotatable bonds is 8. The SMILES string of the molecule is CC(=O)Nc1ccc(C)cc1S(=O)(=O)Nc1ccc(C2(C(=O)NCc3ccccc3)CCC2)cc1. The van der Waals surface area contributed by atoms with E-state index in [1.54, 1.807) is 31.2 Å². The topological polar surface area (TPSA) is 104 Å². The molecule has 4 rings (SSSR count). The largest absolute Gasteiger partial charge is 0.351 e. The Morgan fingerprint density at radius 3 is 2.23 bits per heavy atom. The lowest BCUT2D eigenvalue weighted by molar-refractivity contribution is -0.130. The monoisotopic (exact) mass is 491 g/mol. The highest BCUT2D eigenvalue weighted by Gasteiger charge is 2.45. The van der Waals surface area contributed by atoms with Crippen LogP contribution in [0.25, 0.3) is 0 Å². The number of sulfonamides is 1. The van der Waals surface area contributed by atoms with Crippen LogP contribution >= 0.6 is 0 Å². The second-order valence-corrected chi connectivity index (χ2v) is 10.6. The van der Waals surface area contributed by atoms with Crippen LogP contribution in [0.3, 0.4) is 0 Å². The lowest BCUT2D eigenvalue weighted by Gasteiger charge is -2.40. The minimum atomic E-state index is -3.95. The van der Waals surface area contributed by atoms with E-state index < -0.39 is 15.4 Å². The zero-order chi connectivity index (χ0) is 25.1. The molecular weight excluding hydrogens is 462 g/mol. The van der Waals surface area contributed by atoms with Gasteiger partial charge in [0.2, 0.25) is 11.8 Å². The molecule has 0 radical (unpaired) electrons. The van der Waals surface area contributed by atoms with Gasteiger partial charge in [-0.25, -0.2) is 8.42 Å². The molecule has 0 bridgehead atoms. The summed E-state index contributed by atoms with van der Waals surface area (Å²) in [5.41, 5.74) is 2.66. The van der Waals surface area contributed by atoms with E-state index in [4.69, 9.17) is 0 Å². The molecule has 0 atom stereocenters. The summed E-state index contributed by atoms with van der Waals surface area (Å²) in [4.78, 5) is 24.6.